The number of hydrogen-bond acceptors (Lipinski definition) is 6. The third kappa shape index (κ3) is 4.24. The molecule has 0 aliphatic rings. The van der Waals surface area contributed by atoms with Gasteiger partial charge in [0.15, 0.2) is 6.61 Å². The predicted molar refractivity (Wildman–Crippen MR) is 94.8 cm³/mol. The average molecular weight is 410 g/mol. The smallest absolute Gasteiger partial charge is 0.338 e. The maximum Gasteiger partial charge on any atom is 0.338 e. The van der Waals surface area contributed by atoms with Gasteiger partial charge in [-0.3, -0.25) is 19.1 Å². The summed E-state index contributed by atoms with van der Waals surface area (Å²) in [7, 11) is 0. The van der Waals surface area contributed by atoms with E-state index in [0.717, 1.165) is 4.57 Å². The van der Waals surface area contributed by atoms with Crippen molar-refractivity contribution in [3.63, 3.8) is 0 Å². The Morgan fingerprint density at radius 2 is 2.04 bits per heavy atom. The van der Waals surface area contributed by atoms with Gasteiger partial charge in [0, 0.05) is 11.0 Å². The van der Waals surface area contributed by atoms with Gasteiger partial charge in [-0.05, 0) is 24.6 Å². The number of nitrogens with two attached hydrogens (primary N) is 1. The number of benzene rings is 1. The van der Waals surface area contributed by atoms with Gasteiger partial charge in [0.25, 0.3) is 5.56 Å². The van der Waals surface area contributed by atoms with Crippen molar-refractivity contribution in [1.29, 1.82) is 0 Å². The highest BCUT2D eigenvalue weighted by Crippen LogP contribution is 2.13. The topological polar surface area (TPSA) is 124 Å². The van der Waals surface area contributed by atoms with Crippen LogP contribution in [0.1, 0.15) is 34.1 Å². The summed E-state index contributed by atoms with van der Waals surface area (Å²) in [5, 5.41) is 0. The van der Waals surface area contributed by atoms with Gasteiger partial charge >= 0.3 is 11.7 Å². The fourth-order valence-corrected chi connectivity index (χ4v) is 2.60. The maximum atomic E-state index is 12.3. The first kappa shape index (κ1) is 18.7. The number of rotatable bonds is 6. The van der Waals surface area contributed by atoms with Gasteiger partial charge in [0.2, 0.25) is 5.78 Å². The van der Waals surface area contributed by atoms with Crippen LogP contribution in [0.25, 0.3) is 0 Å². The molecule has 0 spiro atoms. The number of nitrogens with zero attached hydrogens (tertiary/aromatic N) is 1. The number of ether oxygens (including phenoxy) is 1. The van der Waals surface area contributed by atoms with Crippen molar-refractivity contribution in [2.45, 2.75) is 19.9 Å². The van der Waals surface area contributed by atoms with Crippen molar-refractivity contribution in [2.24, 2.45) is 0 Å². The summed E-state index contributed by atoms with van der Waals surface area (Å²) in [5.74, 6) is -1.74. The molecule has 0 atom stereocenters. The lowest BCUT2D eigenvalue weighted by Crippen LogP contribution is -2.37. The Hall–Kier alpha value is -2.68. The molecule has 1 heterocycles. The Balaban J connectivity index is 2.21. The standard InChI is InChI=1S/C16H16BrN3O5/c1-2-6-20-13(18)12(14(22)19-16(20)24)11(21)8-25-15(23)9-4-3-5-10(17)7-9/h3-5,7H,2,6,8,18H2,1H3,(H,19,22,24). The summed E-state index contributed by atoms with van der Waals surface area (Å²) in [6.45, 7) is 1.40. The van der Waals surface area contributed by atoms with E-state index in [1.54, 1.807) is 12.1 Å². The molecule has 0 bridgehead atoms. The number of H-pyrrole nitrogens is 1. The lowest BCUT2D eigenvalue weighted by Gasteiger charge is -2.11. The van der Waals surface area contributed by atoms with Crippen LogP contribution >= 0.6 is 15.9 Å². The number of nitrogen functional groups attached to an aromatic ring is 1. The molecule has 8 nitrogen and oxygen atoms in total. The van der Waals surface area contributed by atoms with Crippen LogP contribution < -0.4 is 17.0 Å². The molecular formula is C16H16BrN3O5. The number of aromatic amines is 1. The Morgan fingerprint density at radius 1 is 1.32 bits per heavy atom. The second-order valence-corrected chi connectivity index (χ2v) is 6.10. The third-order valence-electron chi connectivity index (χ3n) is 3.36. The fourth-order valence-electron chi connectivity index (χ4n) is 2.20. The summed E-state index contributed by atoms with van der Waals surface area (Å²) in [6.07, 6.45) is 0.585. The van der Waals surface area contributed by atoms with E-state index in [9.17, 15) is 19.2 Å². The van der Waals surface area contributed by atoms with Crippen molar-refractivity contribution < 1.29 is 14.3 Å². The van der Waals surface area contributed by atoms with Gasteiger partial charge in [0.1, 0.15) is 11.4 Å². The fraction of sp³-hybridized carbons (Fsp3) is 0.250. The van der Waals surface area contributed by atoms with Gasteiger partial charge in [0.05, 0.1) is 5.56 Å². The number of carbonyl (C=O) groups is 2. The van der Waals surface area contributed by atoms with Gasteiger partial charge in [-0.2, -0.15) is 0 Å². The van der Waals surface area contributed by atoms with Crippen molar-refractivity contribution in [2.75, 3.05) is 12.3 Å². The first-order valence-corrected chi connectivity index (χ1v) is 8.23. The molecule has 25 heavy (non-hydrogen) atoms. The zero-order valence-electron chi connectivity index (χ0n) is 13.4. The monoisotopic (exact) mass is 409 g/mol. The molecule has 2 rings (SSSR count). The van der Waals surface area contributed by atoms with E-state index in [1.807, 2.05) is 11.9 Å². The maximum absolute atomic E-state index is 12.3. The number of halogens is 1. The number of esters is 1. The van der Waals surface area contributed by atoms with Gasteiger partial charge < -0.3 is 10.5 Å². The molecule has 0 saturated heterocycles. The summed E-state index contributed by atoms with van der Waals surface area (Å²) in [5.41, 5.74) is 4.05. The molecule has 0 fully saturated rings. The molecule has 0 saturated carbocycles. The summed E-state index contributed by atoms with van der Waals surface area (Å²) >= 11 is 3.23. The highest BCUT2D eigenvalue weighted by molar-refractivity contribution is 9.10. The normalized spacial score (nSPS) is 10.5. The average Bonchev–Trinajstić information content (AvgIpc) is 2.56. The van der Waals surface area contributed by atoms with E-state index < -0.39 is 35.2 Å². The van der Waals surface area contributed by atoms with Crippen molar-refractivity contribution >= 4 is 33.5 Å². The minimum absolute atomic E-state index is 0.237. The van der Waals surface area contributed by atoms with E-state index in [2.05, 4.69) is 15.9 Å². The Kier molecular flexibility index (Phi) is 5.92. The summed E-state index contributed by atoms with van der Waals surface area (Å²) < 4.78 is 6.72. The lowest BCUT2D eigenvalue weighted by molar-refractivity contribution is 0.0474. The van der Waals surface area contributed by atoms with Crippen LogP contribution in [0.15, 0.2) is 38.3 Å². The van der Waals surface area contributed by atoms with Crippen LogP contribution in [0, 0.1) is 0 Å². The van der Waals surface area contributed by atoms with Crippen LogP contribution in [0.3, 0.4) is 0 Å². The largest absolute Gasteiger partial charge is 0.454 e. The zero-order valence-corrected chi connectivity index (χ0v) is 15.0. The molecule has 0 aliphatic heterocycles. The van der Waals surface area contributed by atoms with Crippen molar-refractivity contribution in [1.82, 2.24) is 9.55 Å². The zero-order chi connectivity index (χ0) is 18.6. The highest BCUT2D eigenvalue weighted by Gasteiger charge is 2.20. The third-order valence-corrected chi connectivity index (χ3v) is 3.85. The Morgan fingerprint density at radius 3 is 2.68 bits per heavy atom. The molecule has 1 aromatic carbocycles. The molecule has 2 aromatic rings. The number of nitrogens with one attached hydrogen (secondary N) is 1. The van der Waals surface area contributed by atoms with E-state index in [4.69, 9.17) is 10.5 Å². The van der Waals surface area contributed by atoms with E-state index in [1.165, 1.54) is 12.1 Å². The molecule has 0 amide bonds. The number of anilines is 1. The number of aromatic nitrogens is 2. The predicted octanol–water partition coefficient (Wildman–Crippen LogP) is 1.33. The summed E-state index contributed by atoms with van der Waals surface area (Å²) in [6, 6.07) is 6.44. The van der Waals surface area contributed by atoms with Crippen LogP contribution in [0.5, 0.6) is 0 Å². The van der Waals surface area contributed by atoms with E-state index >= 15 is 0 Å². The minimum Gasteiger partial charge on any atom is -0.454 e. The van der Waals surface area contributed by atoms with Gasteiger partial charge in [-0.25, -0.2) is 9.59 Å². The van der Waals surface area contributed by atoms with Crippen molar-refractivity contribution in [3.05, 3.63) is 60.7 Å². The van der Waals surface area contributed by atoms with Gasteiger partial charge in [-0.15, -0.1) is 0 Å². The van der Waals surface area contributed by atoms with Gasteiger partial charge in [-0.1, -0.05) is 28.9 Å². The van der Waals surface area contributed by atoms with Crippen LogP contribution in [0.4, 0.5) is 5.82 Å². The number of hydrogen-bond donors (Lipinski definition) is 2. The summed E-state index contributed by atoms with van der Waals surface area (Å²) in [4.78, 5) is 49.9. The second kappa shape index (κ2) is 7.93. The molecule has 3 N–H and O–H groups in total. The molecule has 132 valence electrons. The first-order chi connectivity index (χ1) is 11.8. The van der Waals surface area contributed by atoms with E-state index in [0.29, 0.717) is 10.9 Å². The highest BCUT2D eigenvalue weighted by atomic mass is 79.9. The number of carbonyl (C=O) groups excluding carboxylic acids is 2. The quantitative estimate of drug-likeness (QED) is 0.547. The molecule has 1 aromatic heterocycles. The number of ketones is 1. The molecule has 0 aliphatic carbocycles. The molecular weight excluding hydrogens is 394 g/mol. The van der Waals surface area contributed by atoms with Crippen LogP contribution in [-0.2, 0) is 11.3 Å². The molecule has 0 unspecified atom stereocenters. The molecule has 9 heteroatoms. The first-order valence-electron chi connectivity index (χ1n) is 7.43. The van der Waals surface area contributed by atoms with E-state index in [-0.39, 0.29) is 17.9 Å². The van der Waals surface area contributed by atoms with Crippen LogP contribution in [-0.4, -0.2) is 27.9 Å². The van der Waals surface area contributed by atoms with Crippen molar-refractivity contribution in [3.8, 4) is 0 Å². The Bertz CT molecular complexity index is 932. The second-order valence-electron chi connectivity index (χ2n) is 5.18. The Labute approximate surface area is 150 Å². The number of Topliss-reactive ketones (excluding diaryl/α,β-unsaturated/α-hetero) is 1. The SMILES string of the molecule is CCCn1c(N)c(C(=O)COC(=O)c2cccc(Br)c2)c(=O)[nH]c1=O. The molecule has 0 radical (unpaired) electrons. The lowest BCUT2D eigenvalue weighted by atomic mass is 10.2. The van der Waals surface area contributed by atoms with Crippen LogP contribution in [0.2, 0.25) is 0 Å². The minimum atomic E-state index is -0.904.